The number of hydrogen-bond acceptors (Lipinski definition) is 2. The van der Waals surface area contributed by atoms with Gasteiger partial charge in [0, 0.05) is 5.92 Å². The van der Waals surface area contributed by atoms with Crippen molar-refractivity contribution in [3.8, 4) is 0 Å². The van der Waals surface area contributed by atoms with E-state index in [2.05, 4.69) is 12.2 Å². The molecule has 0 radical (unpaired) electrons. The Hall–Kier alpha value is -0.0800. The van der Waals surface area contributed by atoms with Crippen molar-refractivity contribution in [1.82, 2.24) is 5.32 Å². The lowest BCUT2D eigenvalue weighted by Gasteiger charge is -2.39. The summed E-state index contributed by atoms with van der Waals surface area (Å²) in [6, 6.07) is 0. The molecule has 2 heterocycles. The van der Waals surface area contributed by atoms with Crippen LogP contribution in [0.5, 0.6) is 0 Å². The smallest absolute Gasteiger partial charge is 0.0626 e. The standard InChI is InChI=1S/C8H15NO/c1-6-5-10-8(6)2-7-3-9-4-7/h6-9H,2-5H2,1H3. The predicted octanol–water partition coefficient (Wildman–Crippen LogP) is 0.631. The van der Waals surface area contributed by atoms with Crippen LogP contribution in [0.1, 0.15) is 13.3 Å². The molecule has 1 N–H and O–H groups in total. The number of rotatable bonds is 2. The Bertz CT molecular complexity index is 122. The fourth-order valence-corrected chi connectivity index (χ4v) is 1.57. The normalized spacial score (nSPS) is 40.5. The fraction of sp³-hybridized carbons (Fsp3) is 1.00. The molecule has 2 aliphatic heterocycles. The SMILES string of the molecule is CC1COC1CC1CNC1. The van der Waals surface area contributed by atoms with Gasteiger partial charge in [0.05, 0.1) is 12.7 Å². The summed E-state index contributed by atoms with van der Waals surface area (Å²) in [5, 5.41) is 3.27. The molecule has 2 saturated heterocycles. The second-order valence-corrected chi connectivity index (χ2v) is 3.61. The first kappa shape index (κ1) is 6.62. The molecule has 0 saturated carbocycles. The van der Waals surface area contributed by atoms with Crippen LogP contribution >= 0.6 is 0 Å². The van der Waals surface area contributed by atoms with Crippen molar-refractivity contribution in [2.24, 2.45) is 11.8 Å². The van der Waals surface area contributed by atoms with E-state index < -0.39 is 0 Å². The van der Waals surface area contributed by atoms with E-state index >= 15 is 0 Å². The van der Waals surface area contributed by atoms with E-state index in [0.29, 0.717) is 6.10 Å². The molecule has 0 spiro atoms. The minimum absolute atomic E-state index is 0.590. The zero-order valence-corrected chi connectivity index (χ0v) is 6.47. The molecule has 2 unspecified atom stereocenters. The highest BCUT2D eigenvalue weighted by atomic mass is 16.5. The van der Waals surface area contributed by atoms with Gasteiger partial charge in [0.15, 0.2) is 0 Å². The van der Waals surface area contributed by atoms with Gasteiger partial charge >= 0.3 is 0 Å². The molecule has 0 bridgehead atoms. The summed E-state index contributed by atoms with van der Waals surface area (Å²) in [5.74, 6) is 1.73. The van der Waals surface area contributed by atoms with E-state index in [1.807, 2.05) is 0 Å². The highest BCUT2D eigenvalue weighted by Crippen LogP contribution is 2.26. The third kappa shape index (κ3) is 1.06. The molecule has 2 aliphatic rings. The number of nitrogens with one attached hydrogen (secondary N) is 1. The van der Waals surface area contributed by atoms with Crippen LogP contribution in [-0.4, -0.2) is 25.8 Å². The van der Waals surface area contributed by atoms with Crippen molar-refractivity contribution in [3.05, 3.63) is 0 Å². The van der Waals surface area contributed by atoms with Crippen LogP contribution in [0.25, 0.3) is 0 Å². The molecule has 58 valence electrons. The van der Waals surface area contributed by atoms with Gasteiger partial charge in [-0.15, -0.1) is 0 Å². The maximum absolute atomic E-state index is 5.42. The van der Waals surface area contributed by atoms with Crippen molar-refractivity contribution in [2.45, 2.75) is 19.4 Å². The molecule has 2 fully saturated rings. The van der Waals surface area contributed by atoms with Crippen molar-refractivity contribution in [2.75, 3.05) is 19.7 Å². The minimum atomic E-state index is 0.590. The van der Waals surface area contributed by atoms with E-state index in [1.54, 1.807) is 0 Å². The first-order chi connectivity index (χ1) is 4.86. The van der Waals surface area contributed by atoms with E-state index in [1.165, 1.54) is 19.5 Å². The van der Waals surface area contributed by atoms with Crippen LogP contribution in [0.4, 0.5) is 0 Å². The molecule has 0 aliphatic carbocycles. The molecule has 10 heavy (non-hydrogen) atoms. The first-order valence-electron chi connectivity index (χ1n) is 4.18. The first-order valence-corrected chi connectivity index (χ1v) is 4.18. The third-order valence-corrected chi connectivity index (χ3v) is 2.64. The van der Waals surface area contributed by atoms with Gasteiger partial charge in [-0.2, -0.15) is 0 Å². The van der Waals surface area contributed by atoms with Crippen LogP contribution in [0.2, 0.25) is 0 Å². The average molecular weight is 141 g/mol. The van der Waals surface area contributed by atoms with Gasteiger partial charge in [-0.05, 0) is 25.4 Å². The molecule has 2 rings (SSSR count). The second kappa shape index (κ2) is 2.51. The minimum Gasteiger partial charge on any atom is -0.377 e. The molecule has 0 amide bonds. The van der Waals surface area contributed by atoms with Crippen molar-refractivity contribution >= 4 is 0 Å². The quantitative estimate of drug-likeness (QED) is 0.609. The van der Waals surface area contributed by atoms with E-state index in [-0.39, 0.29) is 0 Å². The zero-order valence-electron chi connectivity index (χ0n) is 6.47. The predicted molar refractivity (Wildman–Crippen MR) is 39.9 cm³/mol. The lowest BCUT2D eigenvalue weighted by Crippen LogP contribution is -2.48. The van der Waals surface area contributed by atoms with E-state index in [4.69, 9.17) is 4.74 Å². The Morgan fingerprint density at radius 1 is 1.50 bits per heavy atom. The highest BCUT2D eigenvalue weighted by Gasteiger charge is 2.31. The topological polar surface area (TPSA) is 21.3 Å². The largest absolute Gasteiger partial charge is 0.377 e. The Balaban J connectivity index is 1.69. The second-order valence-electron chi connectivity index (χ2n) is 3.61. The Morgan fingerprint density at radius 3 is 2.60 bits per heavy atom. The molecule has 0 aromatic rings. The summed E-state index contributed by atoms with van der Waals surface area (Å²) in [4.78, 5) is 0. The lowest BCUT2D eigenvalue weighted by molar-refractivity contribution is -0.118. The summed E-state index contributed by atoms with van der Waals surface area (Å²) in [6.07, 6.45) is 1.88. The molecule has 2 heteroatoms. The maximum Gasteiger partial charge on any atom is 0.0626 e. The number of ether oxygens (including phenoxy) is 1. The third-order valence-electron chi connectivity index (χ3n) is 2.64. The Labute approximate surface area is 61.9 Å². The van der Waals surface area contributed by atoms with E-state index in [0.717, 1.165) is 18.4 Å². The van der Waals surface area contributed by atoms with Gasteiger partial charge < -0.3 is 10.1 Å². The van der Waals surface area contributed by atoms with Crippen LogP contribution in [0.15, 0.2) is 0 Å². The molecular weight excluding hydrogens is 126 g/mol. The van der Waals surface area contributed by atoms with Gasteiger partial charge in [-0.3, -0.25) is 0 Å². The summed E-state index contributed by atoms with van der Waals surface area (Å²) in [7, 11) is 0. The van der Waals surface area contributed by atoms with Gasteiger partial charge in [-0.25, -0.2) is 0 Å². The van der Waals surface area contributed by atoms with Crippen LogP contribution in [0, 0.1) is 11.8 Å². The van der Waals surface area contributed by atoms with Gasteiger partial charge in [0.2, 0.25) is 0 Å². The molecular formula is C8H15NO. The summed E-state index contributed by atoms with van der Waals surface area (Å²) < 4.78 is 5.42. The van der Waals surface area contributed by atoms with E-state index in [9.17, 15) is 0 Å². The molecule has 2 nitrogen and oxygen atoms in total. The van der Waals surface area contributed by atoms with Gasteiger partial charge in [0.25, 0.3) is 0 Å². The molecule has 0 aromatic carbocycles. The zero-order chi connectivity index (χ0) is 6.97. The van der Waals surface area contributed by atoms with Crippen molar-refractivity contribution < 1.29 is 4.74 Å². The van der Waals surface area contributed by atoms with Crippen LogP contribution < -0.4 is 5.32 Å². The van der Waals surface area contributed by atoms with Gasteiger partial charge in [-0.1, -0.05) is 6.92 Å². The fourth-order valence-electron chi connectivity index (χ4n) is 1.57. The summed E-state index contributed by atoms with van der Waals surface area (Å²) in [6.45, 7) is 5.70. The Morgan fingerprint density at radius 2 is 2.30 bits per heavy atom. The average Bonchev–Trinajstić information content (AvgIpc) is 1.82. The summed E-state index contributed by atoms with van der Waals surface area (Å²) in [5.41, 5.74) is 0. The summed E-state index contributed by atoms with van der Waals surface area (Å²) >= 11 is 0. The van der Waals surface area contributed by atoms with Crippen LogP contribution in [0.3, 0.4) is 0 Å². The highest BCUT2D eigenvalue weighted by molar-refractivity contribution is 4.83. The van der Waals surface area contributed by atoms with Crippen molar-refractivity contribution in [1.29, 1.82) is 0 Å². The Kier molecular flexibility index (Phi) is 1.66. The molecule has 2 atom stereocenters. The van der Waals surface area contributed by atoms with Crippen molar-refractivity contribution in [3.63, 3.8) is 0 Å². The van der Waals surface area contributed by atoms with Crippen LogP contribution in [-0.2, 0) is 4.74 Å². The maximum atomic E-state index is 5.42. The number of hydrogen-bond donors (Lipinski definition) is 1. The monoisotopic (exact) mass is 141 g/mol. The lowest BCUT2D eigenvalue weighted by atomic mass is 9.88. The molecule has 0 aromatic heterocycles. The van der Waals surface area contributed by atoms with Gasteiger partial charge in [0.1, 0.15) is 0 Å².